The van der Waals surface area contributed by atoms with Crippen molar-refractivity contribution in [1.29, 1.82) is 0 Å². The molecule has 0 aliphatic carbocycles. The van der Waals surface area contributed by atoms with Gasteiger partial charge in [-0.15, -0.1) is 0 Å². The van der Waals surface area contributed by atoms with Gasteiger partial charge in [0.05, 0.1) is 29.4 Å². The summed E-state index contributed by atoms with van der Waals surface area (Å²) in [4.78, 5) is 0. The first kappa shape index (κ1) is 16.1. The van der Waals surface area contributed by atoms with E-state index in [9.17, 15) is 13.0 Å². The monoisotopic (exact) mass is 295 g/mol. The molecule has 0 N–H and O–H groups in total. The van der Waals surface area contributed by atoms with E-state index in [0.717, 1.165) is 0 Å². The van der Waals surface area contributed by atoms with E-state index in [1.54, 1.807) is 0 Å². The van der Waals surface area contributed by atoms with Gasteiger partial charge in [0.1, 0.15) is 0 Å². The molecule has 0 spiro atoms. The average Bonchev–Trinajstić information content (AvgIpc) is 2.46. The molecule has 18 heavy (non-hydrogen) atoms. The lowest BCUT2D eigenvalue weighted by Gasteiger charge is -2.39. The summed E-state index contributed by atoms with van der Waals surface area (Å²) in [6.45, 7) is 11.2. The SMILES string of the molecule is CC(C)(C)[Si](C)(C)O[C@@H]1COC[C@@H]1CS(=O)(=O)[O-]. The van der Waals surface area contributed by atoms with E-state index < -0.39 is 24.2 Å². The van der Waals surface area contributed by atoms with Crippen LogP contribution in [0.3, 0.4) is 0 Å². The third-order valence-corrected chi connectivity index (χ3v) is 9.15. The van der Waals surface area contributed by atoms with Crippen molar-refractivity contribution in [2.45, 2.75) is 45.0 Å². The molecule has 108 valence electrons. The van der Waals surface area contributed by atoms with Gasteiger partial charge in [-0.05, 0) is 18.1 Å². The molecular weight excluding hydrogens is 272 g/mol. The van der Waals surface area contributed by atoms with Gasteiger partial charge in [-0.1, -0.05) is 20.8 Å². The molecule has 0 unspecified atom stereocenters. The normalized spacial score (nSPS) is 26.6. The lowest BCUT2D eigenvalue weighted by Crippen LogP contribution is -2.46. The third kappa shape index (κ3) is 4.31. The molecule has 0 amide bonds. The van der Waals surface area contributed by atoms with Gasteiger partial charge in [0, 0.05) is 11.7 Å². The highest BCUT2D eigenvalue weighted by atomic mass is 32.2. The predicted molar refractivity (Wildman–Crippen MR) is 70.9 cm³/mol. The zero-order valence-electron chi connectivity index (χ0n) is 11.7. The molecule has 1 fully saturated rings. The number of hydrogen-bond acceptors (Lipinski definition) is 5. The van der Waals surface area contributed by atoms with Crippen molar-refractivity contribution < 1.29 is 22.1 Å². The summed E-state index contributed by atoms with van der Waals surface area (Å²) in [6.07, 6.45) is -0.269. The van der Waals surface area contributed by atoms with Crippen LogP contribution in [0.1, 0.15) is 20.8 Å². The minimum absolute atomic E-state index is 0.0521. The molecule has 5 nitrogen and oxygen atoms in total. The standard InChI is InChI=1S/C11H24O5SSi/c1-11(2,3)18(4,5)16-10-7-15-6-9(10)8-17(12,13)14/h9-10H,6-8H2,1-5H3,(H,12,13,14)/p-1/t9-,10-/m1/s1. The molecule has 1 saturated heterocycles. The summed E-state index contributed by atoms with van der Waals surface area (Å²) < 4.78 is 43.9. The molecule has 1 heterocycles. The first-order chi connectivity index (χ1) is 7.92. The van der Waals surface area contributed by atoms with Crippen LogP contribution in [-0.4, -0.2) is 46.4 Å². The number of hydrogen-bond donors (Lipinski definition) is 0. The van der Waals surface area contributed by atoms with E-state index in [4.69, 9.17) is 9.16 Å². The summed E-state index contributed by atoms with van der Waals surface area (Å²) >= 11 is 0. The Morgan fingerprint density at radius 2 is 1.89 bits per heavy atom. The van der Waals surface area contributed by atoms with Crippen molar-refractivity contribution >= 4 is 18.4 Å². The van der Waals surface area contributed by atoms with Gasteiger partial charge in [0.15, 0.2) is 8.32 Å². The van der Waals surface area contributed by atoms with Crippen molar-refractivity contribution in [3.05, 3.63) is 0 Å². The quantitative estimate of drug-likeness (QED) is 0.581. The average molecular weight is 295 g/mol. The number of ether oxygens (including phenoxy) is 1. The Morgan fingerprint density at radius 3 is 2.33 bits per heavy atom. The largest absolute Gasteiger partial charge is 0.748 e. The van der Waals surface area contributed by atoms with Crippen LogP contribution >= 0.6 is 0 Å². The molecule has 0 saturated carbocycles. The van der Waals surface area contributed by atoms with E-state index in [-0.39, 0.29) is 17.1 Å². The van der Waals surface area contributed by atoms with Crippen LogP contribution in [0.15, 0.2) is 0 Å². The van der Waals surface area contributed by atoms with Gasteiger partial charge in [-0.2, -0.15) is 0 Å². The van der Waals surface area contributed by atoms with Gasteiger partial charge >= 0.3 is 0 Å². The van der Waals surface area contributed by atoms with Crippen molar-refractivity contribution in [1.82, 2.24) is 0 Å². The zero-order valence-corrected chi connectivity index (χ0v) is 13.5. The van der Waals surface area contributed by atoms with Crippen LogP contribution in [0.5, 0.6) is 0 Å². The van der Waals surface area contributed by atoms with E-state index in [1.165, 1.54) is 0 Å². The lowest BCUT2D eigenvalue weighted by molar-refractivity contribution is 0.126. The molecule has 0 aromatic rings. The van der Waals surface area contributed by atoms with Gasteiger partial charge in [-0.25, -0.2) is 8.42 Å². The van der Waals surface area contributed by atoms with Gasteiger partial charge in [0.25, 0.3) is 0 Å². The molecule has 2 atom stereocenters. The molecule has 1 aliphatic heterocycles. The smallest absolute Gasteiger partial charge is 0.192 e. The highest BCUT2D eigenvalue weighted by Crippen LogP contribution is 2.38. The predicted octanol–water partition coefficient (Wildman–Crippen LogP) is 1.57. The van der Waals surface area contributed by atoms with Crippen LogP contribution in [0.2, 0.25) is 18.1 Å². The number of rotatable bonds is 4. The lowest BCUT2D eigenvalue weighted by atomic mass is 10.1. The second kappa shape index (κ2) is 5.20. The summed E-state index contributed by atoms with van der Waals surface area (Å²) in [5.41, 5.74) is 0. The van der Waals surface area contributed by atoms with Crippen molar-refractivity contribution in [2.75, 3.05) is 19.0 Å². The van der Waals surface area contributed by atoms with Crippen LogP contribution in [0, 0.1) is 5.92 Å². The first-order valence-electron chi connectivity index (χ1n) is 6.11. The Morgan fingerprint density at radius 1 is 1.33 bits per heavy atom. The van der Waals surface area contributed by atoms with E-state index in [0.29, 0.717) is 13.2 Å². The van der Waals surface area contributed by atoms with Gasteiger partial charge in [-0.3, -0.25) is 0 Å². The first-order valence-corrected chi connectivity index (χ1v) is 10.6. The molecule has 0 aromatic heterocycles. The van der Waals surface area contributed by atoms with E-state index in [2.05, 4.69) is 33.9 Å². The topological polar surface area (TPSA) is 75.7 Å². The Balaban J connectivity index is 2.72. The summed E-state index contributed by atoms with van der Waals surface area (Å²) in [5, 5.41) is 0.0521. The fourth-order valence-electron chi connectivity index (χ4n) is 1.68. The Labute approximate surface area is 111 Å². The summed E-state index contributed by atoms with van der Waals surface area (Å²) in [6, 6.07) is 0. The fraction of sp³-hybridized carbons (Fsp3) is 1.00. The van der Waals surface area contributed by atoms with Crippen LogP contribution in [0.25, 0.3) is 0 Å². The van der Waals surface area contributed by atoms with Crippen molar-refractivity contribution in [2.24, 2.45) is 5.92 Å². The Kier molecular flexibility index (Phi) is 4.65. The minimum Gasteiger partial charge on any atom is -0.748 e. The maximum Gasteiger partial charge on any atom is 0.192 e. The molecule has 1 aliphatic rings. The molecule has 0 aromatic carbocycles. The maximum atomic E-state index is 10.8. The van der Waals surface area contributed by atoms with Crippen LogP contribution < -0.4 is 0 Å². The molecular formula is C11H23O5SSi-. The molecule has 1 rings (SSSR count). The van der Waals surface area contributed by atoms with Crippen LogP contribution in [0.4, 0.5) is 0 Å². The maximum absolute atomic E-state index is 10.8. The van der Waals surface area contributed by atoms with Crippen molar-refractivity contribution in [3.8, 4) is 0 Å². The molecule has 0 bridgehead atoms. The fourth-order valence-corrected chi connectivity index (χ4v) is 3.89. The summed E-state index contributed by atoms with van der Waals surface area (Å²) in [7, 11) is -6.19. The summed E-state index contributed by atoms with van der Waals surface area (Å²) in [5.74, 6) is -0.728. The van der Waals surface area contributed by atoms with E-state index in [1.807, 2.05) is 0 Å². The molecule has 7 heteroatoms. The highest BCUT2D eigenvalue weighted by Gasteiger charge is 2.42. The minimum atomic E-state index is -4.23. The second-order valence-electron chi connectivity index (χ2n) is 6.44. The zero-order chi connectivity index (χ0) is 14.2. The Hall–Kier alpha value is 0.0469. The highest BCUT2D eigenvalue weighted by molar-refractivity contribution is 7.85. The van der Waals surface area contributed by atoms with E-state index >= 15 is 0 Å². The third-order valence-electron chi connectivity index (χ3n) is 3.81. The van der Waals surface area contributed by atoms with Gasteiger partial charge < -0.3 is 13.7 Å². The Bertz CT molecular complexity index is 385. The van der Waals surface area contributed by atoms with Crippen molar-refractivity contribution in [3.63, 3.8) is 0 Å². The molecule has 0 radical (unpaired) electrons. The van der Waals surface area contributed by atoms with Crippen LogP contribution in [-0.2, 0) is 19.3 Å². The second-order valence-corrected chi connectivity index (χ2v) is 12.6. The van der Waals surface area contributed by atoms with Gasteiger partial charge in [0.2, 0.25) is 0 Å².